The molecule has 25 heavy (non-hydrogen) atoms. The maximum atomic E-state index is 6.14. The first-order valence-electron chi connectivity index (χ1n) is 8.33. The third-order valence-electron chi connectivity index (χ3n) is 4.09. The molecule has 6 heteroatoms. The summed E-state index contributed by atoms with van der Waals surface area (Å²) in [6, 6.07) is 5.80. The molecule has 0 saturated carbocycles. The second-order valence-corrected chi connectivity index (χ2v) is 7.95. The van der Waals surface area contributed by atoms with E-state index in [4.69, 9.17) is 27.9 Å². The molecule has 4 nitrogen and oxygen atoms in total. The Balaban J connectivity index is 2.22. The SMILES string of the molecule is C=CCOC(C(CCc1ccc(Cl)c(Cl)c1)n1cncn1)C(C)(C)C. The fourth-order valence-electron chi connectivity index (χ4n) is 2.93. The van der Waals surface area contributed by atoms with E-state index in [9.17, 15) is 0 Å². The van der Waals surface area contributed by atoms with Crippen LogP contribution in [0.2, 0.25) is 10.0 Å². The second-order valence-electron chi connectivity index (χ2n) is 7.14. The summed E-state index contributed by atoms with van der Waals surface area (Å²) >= 11 is 12.1. The Morgan fingerprint density at radius 2 is 2.04 bits per heavy atom. The molecule has 0 bridgehead atoms. The number of benzene rings is 1. The summed E-state index contributed by atoms with van der Waals surface area (Å²) in [4.78, 5) is 4.11. The van der Waals surface area contributed by atoms with Crippen LogP contribution in [0.1, 0.15) is 38.8 Å². The van der Waals surface area contributed by atoms with Crippen molar-refractivity contribution >= 4 is 23.2 Å². The number of rotatable bonds is 8. The van der Waals surface area contributed by atoms with Crippen molar-refractivity contribution in [2.24, 2.45) is 5.41 Å². The van der Waals surface area contributed by atoms with Gasteiger partial charge in [-0.05, 0) is 36.0 Å². The molecule has 1 aromatic carbocycles. The van der Waals surface area contributed by atoms with Gasteiger partial charge in [0.2, 0.25) is 0 Å². The first-order valence-corrected chi connectivity index (χ1v) is 9.09. The minimum absolute atomic E-state index is 0.0324. The summed E-state index contributed by atoms with van der Waals surface area (Å²) in [5.74, 6) is 0. The van der Waals surface area contributed by atoms with E-state index in [1.54, 1.807) is 18.7 Å². The van der Waals surface area contributed by atoms with Gasteiger partial charge < -0.3 is 4.74 Å². The quantitative estimate of drug-likeness (QED) is 0.576. The Bertz CT molecular complexity index is 680. The zero-order valence-electron chi connectivity index (χ0n) is 15.0. The van der Waals surface area contributed by atoms with Crippen molar-refractivity contribution in [3.63, 3.8) is 0 Å². The van der Waals surface area contributed by atoms with Gasteiger partial charge in [-0.1, -0.05) is 56.1 Å². The fraction of sp³-hybridized carbons (Fsp3) is 0.474. The molecule has 0 spiro atoms. The highest BCUT2D eigenvalue weighted by atomic mass is 35.5. The molecule has 2 atom stereocenters. The van der Waals surface area contributed by atoms with Crippen molar-refractivity contribution in [3.05, 3.63) is 59.1 Å². The zero-order chi connectivity index (χ0) is 18.4. The summed E-state index contributed by atoms with van der Waals surface area (Å²) in [6.07, 6.45) is 6.73. The zero-order valence-corrected chi connectivity index (χ0v) is 16.5. The highest BCUT2D eigenvalue weighted by molar-refractivity contribution is 6.42. The van der Waals surface area contributed by atoms with E-state index >= 15 is 0 Å². The normalized spacial score (nSPS) is 14.3. The number of aryl methyl sites for hydroxylation is 1. The molecule has 0 aliphatic rings. The summed E-state index contributed by atoms with van der Waals surface area (Å²) in [7, 11) is 0. The molecule has 0 saturated heterocycles. The third kappa shape index (κ3) is 5.56. The van der Waals surface area contributed by atoms with Crippen molar-refractivity contribution in [2.75, 3.05) is 6.61 Å². The van der Waals surface area contributed by atoms with E-state index in [1.807, 2.05) is 22.9 Å². The van der Waals surface area contributed by atoms with Crippen LogP contribution in [0.5, 0.6) is 0 Å². The Morgan fingerprint density at radius 1 is 1.28 bits per heavy atom. The number of halogens is 2. The predicted molar refractivity (Wildman–Crippen MR) is 103 cm³/mol. The molecule has 2 unspecified atom stereocenters. The third-order valence-corrected chi connectivity index (χ3v) is 4.82. The number of hydrogen-bond acceptors (Lipinski definition) is 3. The second kappa shape index (κ2) is 8.84. The lowest BCUT2D eigenvalue weighted by atomic mass is 9.82. The van der Waals surface area contributed by atoms with Gasteiger partial charge >= 0.3 is 0 Å². The Labute approximate surface area is 159 Å². The fourth-order valence-corrected chi connectivity index (χ4v) is 3.25. The van der Waals surface area contributed by atoms with E-state index in [2.05, 4.69) is 37.4 Å². The molecular weight excluding hydrogens is 357 g/mol. The minimum atomic E-state index is -0.0583. The van der Waals surface area contributed by atoms with Crippen LogP contribution in [-0.2, 0) is 11.2 Å². The van der Waals surface area contributed by atoms with E-state index in [0.29, 0.717) is 16.7 Å². The van der Waals surface area contributed by atoms with Crippen LogP contribution < -0.4 is 0 Å². The maximum absolute atomic E-state index is 6.14. The van der Waals surface area contributed by atoms with Gasteiger partial charge in [-0.15, -0.1) is 6.58 Å². The van der Waals surface area contributed by atoms with Gasteiger partial charge in [0.05, 0.1) is 28.8 Å². The van der Waals surface area contributed by atoms with Crippen LogP contribution in [0.25, 0.3) is 0 Å². The summed E-state index contributed by atoms with van der Waals surface area (Å²) in [6.45, 7) is 10.8. The molecule has 0 amide bonds. The lowest BCUT2D eigenvalue weighted by Crippen LogP contribution is -2.38. The lowest BCUT2D eigenvalue weighted by molar-refractivity contribution is -0.0437. The van der Waals surface area contributed by atoms with Gasteiger partial charge in [0, 0.05) is 0 Å². The average molecular weight is 382 g/mol. The first-order chi connectivity index (χ1) is 11.8. The maximum Gasteiger partial charge on any atom is 0.137 e. The molecular formula is C19H25Cl2N3O. The molecule has 0 aliphatic heterocycles. The van der Waals surface area contributed by atoms with Gasteiger partial charge in [-0.25, -0.2) is 9.67 Å². The van der Waals surface area contributed by atoms with E-state index in [1.165, 1.54) is 0 Å². The van der Waals surface area contributed by atoms with Gasteiger partial charge in [-0.2, -0.15) is 5.10 Å². The van der Waals surface area contributed by atoms with E-state index < -0.39 is 0 Å². The van der Waals surface area contributed by atoms with Crippen molar-refractivity contribution in [3.8, 4) is 0 Å². The summed E-state index contributed by atoms with van der Waals surface area (Å²) in [5.41, 5.74) is 1.08. The van der Waals surface area contributed by atoms with Crippen molar-refractivity contribution < 1.29 is 4.74 Å². The molecule has 0 aliphatic carbocycles. The van der Waals surface area contributed by atoms with Gasteiger partial charge in [0.15, 0.2) is 0 Å². The van der Waals surface area contributed by atoms with Crippen LogP contribution in [-0.4, -0.2) is 27.5 Å². The number of nitrogens with zero attached hydrogens (tertiary/aromatic N) is 3. The number of aromatic nitrogens is 3. The molecule has 1 heterocycles. The van der Waals surface area contributed by atoms with Gasteiger partial charge in [-0.3, -0.25) is 0 Å². The van der Waals surface area contributed by atoms with Crippen molar-refractivity contribution in [2.45, 2.75) is 45.8 Å². The van der Waals surface area contributed by atoms with Crippen LogP contribution in [0.3, 0.4) is 0 Å². The van der Waals surface area contributed by atoms with Crippen LogP contribution in [0.15, 0.2) is 43.5 Å². The summed E-state index contributed by atoms with van der Waals surface area (Å²) < 4.78 is 8.00. The lowest BCUT2D eigenvalue weighted by Gasteiger charge is -2.36. The van der Waals surface area contributed by atoms with Crippen molar-refractivity contribution in [1.82, 2.24) is 14.8 Å². The highest BCUT2D eigenvalue weighted by Crippen LogP contribution is 2.34. The average Bonchev–Trinajstić information content (AvgIpc) is 3.06. The topological polar surface area (TPSA) is 39.9 Å². The molecule has 136 valence electrons. The van der Waals surface area contributed by atoms with E-state index in [-0.39, 0.29) is 17.6 Å². The monoisotopic (exact) mass is 381 g/mol. The van der Waals surface area contributed by atoms with E-state index in [0.717, 1.165) is 18.4 Å². The largest absolute Gasteiger partial charge is 0.371 e. The Morgan fingerprint density at radius 3 is 2.60 bits per heavy atom. The van der Waals surface area contributed by atoms with Crippen LogP contribution in [0.4, 0.5) is 0 Å². The van der Waals surface area contributed by atoms with Crippen LogP contribution >= 0.6 is 23.2 Å². The standard InChI is InChI=1S/C19H25Cl2N3O/c1-5-10-25-18(19(2,3)4)17(24-13-22-12-23-24)9-7-14-6-8-15(20)16(21)11-14/h5-6,8,11-13,17-18H,1,7,9-10H2,2-4H3. The molecule has 1 aromatic heterocycles. The Kier molecular flexibility index (Phi) is 7.05. The Hall–Kier alpha value is -1.36. The summed E-state index contributed by atoms with van der Waals surface area (Å²) in [5, 5.41) is 5.50. The highest BCUT2D eigenvalue weighted by Gasteiger charge is 2.34. The molecule has 0 radical (unpaired) electrons. The molecule has 2 rings (SSSR count). The molecule has 0 N–H and O–H groups in total. The predicted octanol–water partition coefficient (Wildman–Crippen LogP) is 5.38. The number of ether oxygens (including phenoxy) is 1. The van der Waals surface area contributed by atoms with Crippen molar-refractivity contribution in [1.29, 1.82) is 0 Å². The first kappa shape index (κ1) is 20.0. The minimum Gasteiger partial charge on any atom is -0.371 e. The smallest absolute Gasteiger partial charge is 0.137 e. The molecule has 0 fully saturated rings. The molecule has 2 aromatic rings. The van der Waals surface area contributed by atoms with Gasteiger partial charge in [0.1, 0.15) is 12.7 Å². The van der Waals surface area contributed by atoms with Crippen LogP contribution in [0, 0.1) is 5.41 Å². The van der Waals surface area contributed by atoms with Gasteiger partial charge in [0.25, 0.3) is 0 Å². The number of hydrogen-bond donors (Lipinski definition) is 0.